The van der Waals surface area contributed by atoms with Crippen molar-refractivity contribution in [2.45, 2.75) is 19.0 Å². The summed E-state index contributed by atoms with van der Waals surface area (Å²) in [6, 6.07) is 2.33. The fraction of sp³-hybridized carbons (Fsp3) is 0.357. The number of fused-ring (bicyclic) bond motifs is 1. The number of amides is 1. The van der Waals surface area contributed by atoms with Crippen LogP contribution >= 0.6 is 0 Å². The van der Waals surface area contributed by atoms with Crippen LogP contribution in [-0.4, -0.2) is 47.0 Å². The lowest BCUT2D eigenvalue weighted by Gasteiger charge is -2.32. The number of imidazole rings is 1. The summed E-state index contributed by atoms with van der Waals surface area (Å²) in [7, 11) is 2.74. The third-order valence-electron chi connectivity index (χ3n) is 3.63. The van der Waals surface area contributed by atoms with Crippen LogP contribution < -0.4 is 4.74 Å². The van der Waals surface area contributed by atoms with E-state index < -0.39 is 17.9 Å². The maximum Gasteiger partial charge on any atom is 0.329 e. The molecule has 0 unspecified atom stereocenters. The van der Waals surface area contributed by atoms with Crippen molar-refractivity contribution in [1.29, 1.82) is 0 Å². The molecule has 0 radical (unpaired) electrons. The first kappa shape index (κ1) is 14.2. The second kappa shape index (κ2) is 5.55. The van der Waals surface area contributed by atoms with Crippen molar-refractivity contribution in [2.24, 2.45) is 0 Å². The quantitative estimate of drug-likeness (QED) is 0.840. The minimum atomic E-state index is -0.732. The van der Waals surface area contributed by atoms with Gasteiger partial charge in [0.25, 0.3) is 11.9 Å². The molecular formula is C14H15N3O5. The topological polar surface area (TPSA) is 97.7 Å². The van der Waals surface area contributed by atoms with E-state index in [1.807, 2.05) is 0 Å². The lowest BCUT2D eigenvalue weighted by Crippen LogP contribution is -2.49. The molecule has 3 rings (SSSR count). The van der Waals surface area contributed by atoms with Crippen molar-refractivity contribution in [3.8, 4) is 5.95 Å². The number of hydrogen-bond acceptors (Lipinski definition) is 6. The third-order valence-corrected chi connectivity index (χ3v) is 3.63. The number of nitrogens with one attached hydrogen (secondary N) is 1. The Balaban J connectivity index is 1.91. The van der Waals surface area contributed by atoms with Crippen LogP contribution in [0.25, 0.3) is 0 Å². The number of hydrogen-bond donors (Lipinski definition) is 1. The fourth-order valence-electron chi connectivity index (χ4n) is 2.48. The van der Waals surface area contributed by atoms with Gasteiger partial charge in [0.05, 0.1) is 38.5 Å². The van der Waals surface area contributed by atoms with Gasteiger partial charge in [-0.3, -0.25) is 4.79 Å². The number of carbonyl (C=O) groups is 2. The monoisotopic (exact) mass is 305 g/mol. The molecule has 8 nitrogen and oxygen atoms in total. The fourth-order valence-corrected chi connectivity index (χ4v) is 2.48. The Morgan fingerprint density at radius 3 is 2.91 bits per heavy atom. The molecule has 0 saturated heterocycles. The number of nitrogens with zero attached hydrogens (tertiary/aromatic N) is 2. The molecule has 1 amide bonds. The Morgan fingerprint density at radius 1 is 1.41 bits per heavy atom. The normalized spacial score (nSPS) is 17.0. The van der Waals surface area contributed by atoms with Gasteiger partial charge in [0, 0.05) is 12.5 Å². The molecule has 8 heteroatoms. The van der Waals surface area contributed by atoms with Crippen LogP contribution in [0.5, 0.6) is 5.95 Å². The number of carbonyl (C=O) groups excluding carboxylic acids is 2. The number of rotatable bonds is 3. The number of esters is 1. The summed E-state index contributed by atoms with van der Waals surface area (Å²) >= 11 is 0. The van der Waals surface area contributed by atoms with Crippen LogP contribution in [0.4, 0.5) is 0 Å². The SMILES string of the molecule is COC(=O)[C@H]1Cc2nc[nH]c2CN1C(=O)c1ccc(OC)o1. The van der Waals surface area contributed by atoms with Gasteiger partial charge < -0.3 is 23.8 Å². The maximum absolute atomic E-state index is 12.6. The summed E-state index contributed by atoms with van der Waals surface area (Å²) in [6.07, 6.45) is 1.85. The minimum Gasteiger partial charge on any atom is -0.468 e. The molecule has 2 aromatic rings. The lowest BCUT2D eigenvalue weighted by molar-refractivity contribution is -0.146. The van der Waals surface area contributed by atoms with E-state index >= 15 is 0 Å². The predicted octanol–water partition coefficient (Wildman–Crippen LogP) is 0.751. The van der Waals surface area contributed by atoms with E-state index in [9.17, 15) is 9.59 Å². The van der Waals surface area contributed by atoms with Gasteiger partial charge in [0.2, 0.25) is 0 Å². The van der Waals surface area contributed by atoms with Crippen molar-refractivity contribution in [3.63, 3.8) is 0 Å². The van der Waals surface area contributed by atoms with Crippen LogP contribution in [0, 0.1) is 0 Å². The van der Waals surface area contributed by atoms with Crippen LogP contribution in [0.15, 0.2) is 22.9 Å². The Labute approximate surface area is 126 Å². The number of ether oxygens (including phenoxy) is 2. The average molecular weight is 305 g/mol. The molecule has 0 aromatic carbocycles. The summed E-state index contributed by atoms with van der Waals surface area (Å²) in [5.74, 6) is -0.551. The van der Waals surface area contributed by atoms with Gasteiger partial charge >= 0.3 is 5.97 Å². The van der Waals surface area contributed by atoms with Crippen molar-refractivity contribution in [1.82, 2.24) is 14.9 Å². The van der Waals surface area contributed by atoms with Gasteiger partial charge in [-0.15, -0.1) is 0 Å². The Kier molecular flexibility index (Phi) is 3.58. The second-order valence-corrected chi connectivity index (χ2v) is 4.83. The van der Waals surface area contributed by atoms with Crippen molar-refractivity contribution in [3.05, 3.63) is 35.6 Å². The maximum atomic E-state index is 12.6. The molecule has 1 N–H and O–H groups in total. The lowest BCUT2D eigenvalue weighted by atomic mass is 10.0. The second-order valence-electron chi connectivity index (χ2n) is 4.83. The highest BCUT2D eigenvalue weighted by molar-refractivity contribution is 5.95. The highest BCUT2D eigenvalue weighted by Gasteiger charge is 2.38. The highest BCUT2D eigenvalue weighted by atomic mass is 16.6. The van der Waals surface area contributed by atoms with Gasteiger partial charge in [0.15, 0.2) is 5.76 Å². The molecule has 1 aliphatic heterocycles. The smallest absolute Gasteiger partial charge is 0.329 e. The third kappa shape index (κ3) is 2.32. The number of aromatic amines is 1. The van der Waals surface area contributed by atoms with Gasteiger partial charge in [-0.1, -0.05) is 0 Å². The van der Waals surface area contributed by atoms with Gasteiger partial charge in [-0.25, -0.2) is 9.78 Å². The molecule has 0 spiro atoms. The van der Waals surface area contributed by atoms with E-state index in [1.54, 1.807) is 12.4 Å². The molecule has 22 heavy (non-hydrogen) atoms. The van der Waals surface area contributed by atoms with E-state index in [0.717, 1.165) is 11.4 Å². The number of methoxy groups -OCH3 is 2. The number of furan rings is 1. The first-order valence-electron chi connectivity index (χ1n) is 6.67. The summed E-state index contributed by atoms with van der Waals surface area (Å²) in [5, 5.41) is 0. The van der Waals surface area contributed by atoms with Crippen molar-refractivity contribution >= 4 is 11.9 Å². The molecule has 0 saturated carbocycles. The number of H-pyrrole nitrogens is 1. The van der Waals surface area contributed by atoms with Crippen LogP contribution in [0.3, 0.4) is 0 Å². The van der Waals surface area contributed by atoms with E-state index in [1.165, 1.54) is 25.2 Å². The van der Waals surface area contributed by atoms with Crippen LogP contribution in [-0.2, 0) is 22.5 Å². The van der Waals surface area contributed by atoms with Gasteiger partial charge in [-0.05, 0) is 6.07 Å². The van der Waals surface area contributed by atoms with Crippen molar-refractivity contribution in [2.75, 3.05) is 14.2 Å². The van der Waals surface area contributed by atoms with Gasteiger partial charge in [0.1, 0.15) is 6.04 Å². The summed E-state index contributed by atoms with van der Waals surface area (Å²) in [5.41, 5.74) is 1.56. The zero-order chi connectivity index (χ0) is 15.7. The molecule has 0 fully saturated rings. The molecule has 1 atom stereocenters. The van der Waals surface area contributed by atoms with E-state index in [-0.39, 0.29) is 18.3 Å². The zero-order valence-electron chi connectivity index (χ0n) is 12.2. The molecule has 0 bridgehead atoms. The Hall–Kier alpha value is -2.77. The van der Waals surface area contributed by atoms with Crippen LogP contribution in [0.1, 0.15) is 21.9 Å². The predicted molar refractivity (Wildman–Crippen MR) is 73.2 cm³/mol. The first-order chi connectivity index (χ1) is 10.6. The summed E-state index contributed by atoms with van der Waals surface area (Å²) in [4.78, 5) is 33.2. The Bertz CT molecular complexity index is 705. The first-order valence-corrected chi connectivity index (χ1v) is 6.67. The molecule has 3 heterocycles. The largest absolute Gasteiger partial charge is 0.468 e. The number of aromatic nitrogens is 2. The average Bonchev–Trinajstić information content (AvgIpc) is 3.20. The van der Waals surface area contributed by atoms with E-state index in [0.29, 0.717) is 6.42 Å². The zero-order valence-corrected chi connectivity index (χ0v) is 12.2. The molecule has 2 aromatic heterocycles. The molecule has 1 aliphatic rings. The van der Waals surface area contributed by atoms with Gasteiger partial charge in [-0.2, -0.15) is 0 Å². The van der Waals surface area contributed by atoms with Crippen LogP contribution in [0.2, 0.25) is 0 Å². The molecule has 116 valence electrons. The van der Waals surface area contributed by atoms with E-state index in [2.05, 4.69) is 9.97 Å². The minimum absolute atomic E-state index is 0.105. The van der Waals surface area contributed by atoms with E-state index in [4.69, 9.17) is 13.9 Å². The Morgan fingerprint density at radius 2 is 2.23 bits per heavy atom. The highest BCUT2D eigenvalue weighted by Crippen LogP contribution is 2.25. The summed E-state index contributed by atoms with van der Waals surface area (Å²) < 4.78 is 15.0. The van der Waals surface area contributed by atoms with Crippen molar-refractivity contribution < 1.29 is 23.5 Å². The molecule has 0 aliphatic carbocycles. The summed E-state index contributed by atoms with van der Waals surface area (Å²) in [6.45, 7) is 0.233. The standard InChI is InChI=1S/C14H15N3O5/c1-20-12-4-3-11(22-12)13(18)17-6-9-8(15-7-16-9)5-10(17)14(19)21-2/h3-4,7,10H,5-6H2,1-2H3,(H,15,16)/t10-/m1/s1. The molecular weight excluding hydrogens is 290 g/mol.